The van der Waals surface area contributed by atoms with Crippen LogP contribution in [-0.2, 0) is 6.54 Å². The van der Waals surface area contributed by atoms with Crippen molar-refractivity contribution >= 4 is 0 Å². The Balaban J connectivity index is 2.02. The van der Waals surface area contributed by atoms with Crippen molar-refractivity contribution in [2.24, 2.45) is 0 Å². The van der Waals surface area contributed by atoms with Crippen LogP contribution in [-0.4, -0.2) is 29.1 Å². The van der Waals surface area contributed by atoms with E-state index in [-0.39, 0.29) is 6.54 Å². The van der Waals surface area contributed by atoms with Gasteiger partial charge in [-0.05, 0) is 25.1 Å². The molecule has 0 fully saturated rings. The van der Waals surface area contributed by atoms with Gasteiger partial charge in [0.15, 0.2) is 23.1 Å². The number of nitrogens with zero attached hydrogens (tertiary/aromatic N) is 3. The molecule has 1 aromatic carbocycles. The van der Waals surface area contributed by atoms with Gasteiger partial charge in [0.1, 0.15) is 0 Å². The van der Waals surface area contributed by atoms with Crippen molar-refractivity contribution in [2.75, 3.05) is 14.2 Å². The van der Waals surface area contributed by atoms with E-state index in [1.54, 1.807) is 38.3 Å². The number of benzene rings is 1. The van der Waals surface area contributed by atoms with Crippen LogP contribution < -0.4 is 15.2 Å². The molecule has 0 amide bonds. The molecule has 3 rings (SSSR count). The van der Waals surface area contributed by atoms with E-state index in [4.69, 9.17) is 18.5 Å². The molecule has 2 heterocycles. The zero-order valence-electron chi connectivity index (χ0n) is 12.9. The van der Waals surface area contributed by atoms with E-state index in [0.29, 0.717) is 28.6 Å². The molecule has 0 spiro atoms. The summed E-state index contributed by atoms with van der Waals surface area (Å²) in [5.41, 5.74) is 1.39. The smallest absolute Gasteiger partial charge is 0.442 e. The lowest BCUT2D eigenvalue weighted by atomic mass is 10.2. The van der Waals surface area contributed by atoms with Crippen LogP contribution in [0.25, 0.3) is 11.4 Å². The summed E-state index contributed by atoms with van der Waals surface area (Å²) in [7, 11) is 3.09. The van der Waals surface area contributed by atoms with Gasteiger partial charge in [-0.1, -0.05) is 10.3 Å². The number of aryl methyl sites for hydroxylation is 1. The third-order valence-electron chi connectivity index (χ3n) is 3.32. The van der Waals surface area contributed by atoms with Gasteiger partial charge in [-0.2, -0.15) is 0 Å². The average Bonchev–Trinajstić information content (AvgIpc) is 3.13. The monoisotopic (exact) mass is 317 g/mol. The molecule has 2 aromatic heterocycles. The minimum Gasteiger partial charge on any atom is -0.493 e. The summed E-state index contributed by atoms with van der Waals surface area (Å²) in [4.78, 5) is 11.9. The predicted molar refractivity (Wildman–Crippen MR) is 79.6 cm³/mol. The maximum Gasteiger partial charge on any atom is 0.442 e. The molecule has 0 bridgehead atoms. The third-order valence-corrected chi connectivity index (χ3v) is 3.32. The lowest BCUT2D eigenvalue weighted by Gasteiger charge is -2.09. The number of hydrogen-bond donors (Lipinski definition) is 0. The number of rotatable bonds is 5. The molecular weight excluding hydrogens is 302 g/mol. The molecule has 0 aliphatic carbocycles. The molecule has 0 N–H and O–H groups in total. The zero-order chi connectivity index (χ0) is 16.4. The topological polar surface area (TPSA) is 92.5 Å². The van der Waals surface area contributed by atoms with Crippen molar-refractivity contribution in [3.63, 3.8) is 0 Å². The molecule has 0 aliphatic rings. The summed E-state index contributed by atoms with van der Waals surface area (Å²) in [6.45, 7) is 1.98. The van der Waals surface area contributed by atoms with Crippen LogP contribution in [0.5, 0.6) is 11.5 Å². The second-order valence-corrected chi connectivity index (χ2v) is 4.86. The van der Waals surface area contributed by atoms with E-state index in [9.17, 15) is 4.79 Å². The Labute approximate surface area is 131 Å². The highest BCUT2D eigenvalue weighted by molar-refractivity contribution is 5.61. The molecule has 0 saturated heterocycles. The highest BCUT2D eigenvalue weighted by Crippen LogP contribution is 2.31. The first-order valence-corrected chi connectivity index (χ1v) is 6.83. The average molecular weight is 317 g/mol. The molecule has 120 valence electrons. The summed E-state index contributed by atoms with van der Waals surface area (Å²) in [6, 6.07) is 6.97. The minimum absolute atomic E-state index is 0.173. The lowest BCUT2D eigenvalue weighted by Crippen LogP contribution is -2.16. The fourth-order valence-corrected chi connectivity index (χ4v) is 2.24. The van der Waals surface area contributed by atoms with Gasteiger partial charge in [-0.15, -0.1) is 0 Å². The number of aromatic nitrogens is 3. The SMILES string of the molecule is COc1ccc(-c2noc(=O)n2Cc2cc(C)no2)cc1OC. The van der Waals surface area contributed by atoms with Crippen LogP contribution in [0.4, 0.5) is 0 Å². The molecule has 0 atom stereocenters. The normalized spacial score (nSPS) is 10.7. The van der Waals surface area contributed by atoms with Crippen LogP contribution >= 0.6 is 0 Å². The van der Waals surface area contributed by atoms with Gasteiger partial charge in [-0.3, -0.25) is 4.52 Å². The van der Waals surface area contributed by atoms with Crippen molar-refractivity contribution in [1.82, 2.24) is 14.9 Å². The standard InChI is InChI=1S/C15H15N3O5/c1-9-6-11(22-16-9)8-18-14(17-23-15(18)19)10-4-5-12(20-2)13(7-10)21-3/h4-7H,8H2,1-3H3. The lowest BCUT2D eigenvalue weighted by molar-refractivity contribution is 0.355. The Hall–Kier alpha value is -3.03. The van der Waals surface area contributed by atoms with Gasteiger partial charge in [-0.25, -0.2) is 9.36 Å². The second-order valence-electron chi connectivity index (χ2n) is 4.86. The van der Waals surface area contributed by atoms with Crippen molar-refractivity contribution in [3.05, 3.63) is 46.3 Å². The molecule has 0 radical (unpaired) electrons. The predicted octanol–water partition coefficient (Wildman–Crippen LogP) is 1.87. The first-order chi connectivity index (χ1) is 11.1. The molecule has 0 unspecified atom stereocenters. The van der Waals surface area contributed by atoms with Crippen molar-refractivity contribution in [1.29, 1.82) is 0 Å². The fraction of sp³-hybridized carbons (Fsp3) is 0.267. The molecule has 0 saturated carbocycles. The Morgan fingerprint density at radius 1 is 1.09 bits per heavy atom. The third kappa shape index (κ3) is 2.83. The first kappa shape index (κ1) is 14.9. The molecule has 3 aromatic rings. The van der Waals surface area contributed by atoms with E-state index in [1.807, 2.05) is 0 Å². The maximum absolute atomic E-state index is 11.9. The Morgan fingerprint density at radius 2 is 1.87 bits per heavy atom. The first-order valence-electron chi connectivity index (χ1n) is 6.83. The number of ether oxygens (including phenoxy) is 2. The van der Waals surface area contributed by atoms with Crippen molar-refractivity contribution in [2.45, 2.75) is 13.5 Å². The zero-order valence-corrected chi connectivity index (χ0v) is 12.9. The summed E-state index contributed by atoms with van der Waals surface area (Å²) >= 11 is 0. The van der Waals surface area contributed by atoms with E-state index in [0.717, 1.165) is 5.69 Å². The fourth-order valence-electron chi connectivity index (χ4n) is 2.24. The van der Waals surface area contributed by atoms with Crippen LogP contribution in [0.2, 0.25) is 0 Å². The van der Waals surface area contributed by atoms with Crippen LogP contribution in [0.1, 0.15) is 11.5 Å². The van der Waals surface area contributed by atoms with Crippen LogP contribution in [0.15, 0.2) is 38.1 Å². The number of hydrogen-bond acceptors (Lipinski definition) is 7. The van der Waals surface area contributed by atoms with Gasteiger partial charge in [0, 0.05) is 11.6 Å². The van der Waals surface area contributed by atoms with Gasteiger partial charge in [0.25, 0.3) is 0 Å². The largest absolute Gasteiger partial charge is 0.493 e. The van der Waals surface area contributed by atoms with E-state index in [1.165, 1.54) is 11.7 Å². The summed E-state index contributed by atoms with van der Waals surface area (Å²) in [5.74, 6) is 1.44. The van der Waals surface area contributed by atoms with Crippen LogP contribution in [0, 0.1) is 6.92 Å². The highest BCUT2D eigenvalue weighted by Gasteiger charge is 2.17. The van der Waals surface area contributed by atoms with E-state index in [2.05, 4.69) is 10.3 Å². The van der Waals surface area contributed by atoms with Gasteiger partial charge >= 0.3 is 5.76 Å². The second kappa shape index (κ2) is 5.99. The summed E-state index contributed by atoms with van der Waals surface area (Å²) in [5, 5.41) is 7.64. The summed E-state index contributed by atoms with van der Waals surface area (Å²) in [6.07, 6.45) is 0. The molecule has 8 nitrogen and oxygen atoms in total. The maximum atomic E-state index is 11.9. The van der Waals surface area contributed by atoms with Crippen LogP contribution in [0.3, 0.4) is 0 Å². The molecule has 23 heavy (non-hydrogen) atoms. The van der Waals surface area contributed by atoms with Gasteiger partial charge < -0.3 is 14.0 Å². The Bertz CT molecular complexity index is 877. The highest BCUT2D eigenvalue weighted by atomic mass is 16.5. The summed E-state index contributed by atoms with van der Waals surface area (Å²) < 4.78 is 21.8. The quantitative estimate of drug-likeness (QED) is 0.709. The molecule has 8 heteroatoms. The molecular formula is C15H15N3O5. The Morgan fingerprint density at radius 3 is 2.52 bits per heavy atom. The van der Waals surface area contributed by atoms with Crippen molar-refractivity contribution in [3.8, 4) is 22.9 Å². The molecule has 0 aliphatic heterocycles. The minimum atomic E-state index is -0.580. The van der Waals surface area contributed by atoms with Gasteiger partial charge in [0.05, 0.1) is 26.5 Å². The van der Waals surface area contributed by atoms with Crippen molar-refractivity contribution < 1.29 is 18.5 Å². The number of methoxy groups -OCH3 is 2. The van der Waals surface area contributed by atoms with E-state index >= 15 is 0 Å². The van der Waals surface area contributed by atoms with Gasteiger partial charge in [0.2, 0.25) is 0 Å². The Kier molecular flexibility index (Phi) is 3.88. The van der Waals surface area contributed by atoms with E-state index < -0.39 is 5.76 Å².